The third kappa shape index (κ3) is 4.92. The zero-order valence-electron chi connectivity index (χ0n) is 26.2. The Balaban J connectivity index is 1.85. The van der Waals surface area contributed by atoms with Gasteiger partial charge in [-0.2, -0.15) is 0 Å². The number of fused-ring (bicyclic) bond motifs is 2. The van der Waals surface area contributed by atoms with Crippen LogP contribution < -0.4 is 0 Å². The first kappa shape index (κ1) is 30.5. The van der Waals surface area contributed by atoms with E-state index in [1.54, 1.807) is 0 Å². The summed E-state index contributed by atoms with van der Waals surface area (Å²) in [5.41, 5.74) is 1.69. The molecule has 0 atom stereocenters. The molecule has 1 aliphatic carbocycles. The Morgan fingerprint density at radius 3 is 1.64 bits per heavy atom. The fourth-order valence-corrected chi connectivity index (χ4v) is 5.64. The van der Waals surface area contributed by atoms with Crippen LogP contribution in [-0.4, -0.2) is 33.3 Å². The van der Waals surface area contributed by atoms with Crippen LogP contribution in [0.4, 0.5) is 0 Å². The molecule has 7 nitrogen and oxygen atoms in total. The molecular formula is C37H38N2O5. The Kier molecular flexibility index (Phi) is 7.85. The number of nitrogens with zero attached hydrogens (tertiary/aromatic N) is 2. The van der Waals surface area contributed by atoms with Crippen LogP contribution in [0.2, 0.25) is 0 Å². The van der Waals surface area contributed by atoms with Gasteiger partial charge in [-0.15, -0.1) is 13.2 Å². The summed E-state index contributed by atoms with van der Waals surface area (Å²) in [5.74, 6) is -2.22. The number of esters is 1. The van der Waals surface area contributed by atoms with Crippen LogP contribution in [0.3, 0.4) is 0 Å². The van der Waals surface area contributed by atoms with Gasteiger partial charge in [-0.3, -0.25) is 14.4 Å². The van der Waals surface area contributed by atoms with E-state index in [9.17, 15) is 14.4 Å². The van der Waals surface area contributed by atoms with E-state index in [0.717, 1.165) is 21.8 Å². The molecule has 0 N–H and O–H groups in total. The van der Waals surface area contributed by atoms with Gasteiger partial charge in [-0.05, 0) is 46.2 Å². The molecule has 1 aliphatic rings. The predicted octanol–water partition coefficient (Wildman–Crippen LogP) is 7.70. The molecule has 0 saturated heterocycles. The van der Waals surface area contributed by atoms with Gasteiger partial charge in [0, 0.05) is 52.3 Å². The van der Waals surface area contributed by atoms with Crippen molar-refractivity contribution >= 4 is 50.5 Å². The molecule has 0 saturated carbocycles. The van der Waals surface area contributed by atoms with Gasteiger partial charge in [0.05, 0.1) is 28.8 Å². The summed E-state index contributed by atoms with van der Waals surface area (Å²) in [4.78, 5) is 41.8. The van der Waals surface area contributed by atoms with Gasteiger partial charge in [0.15, 0.2) is 11.5 Å². The molecule has 0 unspecified atom stereocenters. The first-order valence-electron chi connectivity index (χ1n) is 14.8. The maximum Gasteiger partial charge on any atom is 0.308 e. The SMILES string of the molecule is C=CC(C)(C)n1cc(C2=C(OCCC)C(=O)C(c3cn(C(C)(C)C=C)c4ccccc34)=C(OC(C)=O)C2=O)c2ccccc21. The van der Waals surface area contributed by atoms with Crippen LogP contribution >= 0.6 is 0 Å². The first-order chi connectivity index (χ1) is 20.9. The Bertz CT molecular complexity index is 1930. The quantitative estimate of drug-likeness (QED) is 0.107. The maximum atomic E-state index is 14.7. The number of allylic oxidation sites excluding steroid dienone is 4. The number of carbonyl (C=O) groups is 3. The average Bonchev–Trinajstić information content (AvgIpc) is 3.58. The predicted molar refractivity (Wildman–Crippen MR) is 175 cm³/mol. The number of hydrogen-bond donors (Lipinski definition) is 0. The highest BCUT2D eigenvalue weighted by Gasteiger charge is 2.42. The lowest BCUT2D eigenvalue weighted by Crippen LogP contribution is -2.27. The van der Waals surface area contributed by atoms with E-state index in [1.165, 1.54) is 6.92 Å². The Morgan fingerprint density at radius 1 is 0.773 bits per heavy atom. The molecule has 0 aliphatic heterocycles. The Labute approximate surface area is 257 Å². The number of rotatable bonds is 10. The van der Waals surface area contributed by atoms with Gasteiger partial charge >= 0.3 is 5.97 Å². The van der Waals surface area contributed by atoms with Crippen LogP contribution in [0.1, 0.15) is 59.1 Å². The molecule has 2 aromatic heterocycles. The van der Waals surface area contributed by atoms with Crippen LogP contribution in [-0.2, 0) is 34.9 Å². The third-order valence-corrected chi connectivity index (χ3v) is 8.22. The normalized spacial score (nSPS) is 14.5. The number of para-hydroxylation sites is 2. The van der Waals surface area contributed by atoms with Crippen LogP contribution in [0, 0.1) is 0 Å². The van der Waals surface area contributed by atoms with Crippen molar-refractivity contribution in [1.82, 2.24) is 9.13 Å². The van der Waals surface area contributed by atoms with E-state index in [0.29, 0.717) is 17.5 Å². The van der Waals surface area contributed by atoms with Gasteiger partial charge in [-0.1, -0.05) is 55.5 Å². The van der Waals surface area contributed by atoms with Crippen molar-refractivity contribution in [3.8, 4) is 0 Å². The summed E-state index contributed by atoms with van der Waals surface area (Å²) in [6, 6.07) is 15.3. The molecule has 2 aromatic carbocycles. The minimum absolute atomic E-state index is 0.00924. The molecule has 5 rings (SSSR count). The molecule has 0 radical (unpaired) electrons. The lowest BCUT2D eigenvalue weighted by atomic mass is 9.85. The van der Waals surface area contributed by atoms with Crippen LogP contribution in [0.15, 0.2) is 97.8 Å². The highest BCUT2D eigenvalue weighted by molar-refractivity contribution is 6.48. The van der Waals surface area contributed by atoms with Crippen molar-refractivity contribution in [1.29, 1.82) is 0 Å². The van der Waals surface area contributed by atoms with Crippen molar-refractivity contribution in [2.45, 2.75) is 59.0 Å². The number of ketones is 2. The Hall–Kier alpha value is -4.91. The summed E-state index contributed by atoms with van der Waals surface area (Å²) in [6.45, 7) is 19.4. The molecule has 0 fully saturated rings. The fraction of sp³-hybridized carbons (Fsp3) is 0.270. The van der Waals surface area contributed by atoms with Crippen LogP contribution in [0.5, 0.6) is 0 Å². The second-order valence-electron chi connectivity index (χ2n) is 12.1. The van der Waals surface area contributed by atoms with E-state index >= 15 is 0 Å². The summed E-state index contributed by atoms with van der Waals surface area (Å²) in [6.07, 6.45) is 7.91. The summed E-state index contributed by atoms with van der Waals surface area (Å²) in [5, 5.41) is 1.48. The fourth-order valence-electron chi connectivity index (χ4n) is 5.64. The monoisotopic (exact) mass is 590 g/mol. The number of Topliss-reactive ketones (excluding diaryl/α,β-unsaturated/α-hetero) is 2. The topological polar surface area (TPSA) is 79.5 Å². The van der Waals surface area contributed by atoms with E-state index in [1.807, 2.05) is 117 Å². The van der Waals surface area contributed by atoms with Crippen molar-refractivity contribution in [3.63, 3.8) is 0 Å². The van der Waals surface area contributed by atoms with E-state index in [2.05, 4.69) is 13.2 Å². The number of hydrogen-bond acceptors (Lipinski definition) is 5. The van der Waals surface area contributed by atoms with Crippen molar-refractivity contribution in [2.75, 3.05) is 6.61 Å². The number of ether oxygens (including phenoxy) is 2. The second kappa shape index (κ2) is 11.3. The van der Waals surface area contributed by atoms with Gasteiger partial charge in [0.25, 0.3) is 0 Å². The van der Waals surface area contributed by atoms with Crippen LogP contribution in [0.25, 0.3) is 33.0 Å². The molecule has 7 heteroatoms. The highest BCUT2D eigenvalue weighted by Crippen LogP contribution is 2.43. The second-order valence-corrected chi connectivity index (χ2v) is 12.1. The molecule has 226 valence electrons. The first-order valence-corrected chi connectivity index (χ1v) is 14.8. The molecule has 0 spiro atoms. The van der Waals surface area contributed by atoms with Gasteiger partial charge in [-0.25, -0.2) is 0 Å². The minimum atomic E-state index is -0.707. The molecule has 4 aromatic rings. The number of benzene rings is 2. The lowest BCUT2D eigenvalue weighted by Gasteiger charge is -2.25. The van der Waals surface area contributed by atoms with Crippen molar-refractivity contribution < 1.29 is 23.9 Å². The van der Waals surface area contributed by atoms with E-state index in [4.69, 9.17) is 9.47 Å². The average molecular weight is 591 g/mol. The molecule has 2 heterocycles. The molecule has 44 heavy (non-hydrogen) atoms. The zero-order valence-corrected chi connectivity index (χ0v) is 26.2. The highest BCUT2D eigenvalue weighted by atomic mass is 16.5. The van der Waals surface area contributed by atoms with Crippen molar-refractivity contribution in [3.05, 3.63) is 109 Å². The standard InChI is InChI=1S/C37H38N2O5/c1-9-20-43-34-30(26-21-38(36(5,6)10-2)28-18-14-12-16-24(26)28)33(42)35(44-23(4)40)31(32(34)41)27-22-39(37(7,8)11-3)29-19-15-13-17-25(27)29/h10-19,21-22H,2-3,9,20H2,1,4-8H3. The number of carbonyl (C=O) groups excluding carboxylic acids is 3. The van der Waals surface area contributed by atoms with Gasteiger partial charge in [0.2, 0.25) is 11.6 Å². The van der Waals surface area contributed by atoms with Gasteiger partial charge in [0.1, 0.15) is 0 Å². The summed E-state index contributed by atoms with van der Waals surface area (Å²) >= 11 is 0. The Morgan fingerprint density at radius 2 is 1.20 bits per heavy atom. The van der Waals surface area contributed by atoms with E-state index in [-0.39, 0.29) is 29.3 Å². The summed E-state index contributed by atoms with van der Waals surface area (Å²) in [7, 11) is 0. The molecule has 0 bridgehead atoms. The lowest BCUT2D eigenvalue weighted by molar-refractivity contribution is -0.139. The number of aromatic nitrogens is 2. The summed E-state index contributed by atoms with van der Waals surface area (Å²) < 4.78 is 15.8. The van der Waals surface area contributed by atoms with E-state index < -0.39 is 28.6 Å². The molecule has 0 amide bonds. The smallest absolute Gasteiger partial charge is 0.308 e. The maximum absolute atomic E-state index is 14.7. The van der Waals surface area contributed by atoms with Gasteiger partial charge < -0.3 is 18.6 Å². The zero-order chi connectivity index (χ0) is 32.0. The molecular weight excluding hydrogens is 552 g/mol. The van der Waals surface area contributed by atoms with Crippen molar-refractivity contribution in [2.24, 2.45) is 0 Å². The third-order valence-electron chi connectivity index (χ3n) is 8.22. The minimum Gasteiger partial charge on any atom is -0.489 e. The largest absolute Gasteiger partial charge is 0.489 e.